The summed E-state index contributed by atoms with van der Waals surface area (Å²) in [6, 6.07) is 91.6. The van der Waals surface area contributed by atoms with E-state index in [1.807, 2.05) is 0 Å². The first-order valence-corrected chi connectivity index (χ1v) is 21.5. The Hall–Kier alpha value is -8.00. The fourth-order valence-corrected chi connectivity index (χ4v) is 10.5. The van der Waals surface area contributed by atoms with Crippen molar-refractivity contribution >= 4 is 17.1 Å². The largest absolute Gasteiger partial charge is 0.310 e. The highest BCUT2D eigenvalue weighted by Crippen LogP contribution is 2.63. The van der Waals surface area contributed by atoms with Crippen molar-refractivity contribution in [3.63, 3.8) is 0 Å². The SMILES string of the molecule is c1ccc(-c2cccc(N(c3ccc4c(c3)C3(c5ccccc5-c5ccccc53)c3ccccc3-4)c3cccc(-c4ccccc4)c3-c3ccccc3-c3ccccc3)c2)cc1. The van der Waals surface area contributed by atoms with Gasteiger partial charge in [-0.3, -0.25) is 0 Å². The lowest BCUT2D eigenvalue weighted by molar-refractivity contribution is 0.793. The minimum absolute atomic E-state index is 0.471. The molecule has 0 aliphatic heterocycles. The van der Waals surface area contributed by atoms with Crippen LogP contribution in [0.25, 0.3) is 66.8 Å². The van der Waals surface area contributed by atoms with Crippen LogP contribution in [-0.2, 0) is 5.41 Å². The Kier molecular flexibility index (Phi) is 8.47. The third-order valence-electron chi connectivity index (χ3n) is 13.1. The molecule has 0 N–H and O–H groups in total. The molecule has 12 rings (SSSR count). The summed E-state index contributed by atoms with van der Waals surface area (Å²) >= 11 is 0. The van der Waals surface area contributed by atoms with Gasteiger partial charge < -0.3 is 4.90 Å². The van der Waals surface area contributed by atoms with Gasteiger partial charge in [-0.2, -0.15) is 0 Å². The molecule has 2 aliphatic carbocycles. The van der Waals surface area contributed by atoms with Crippen molar-refractivity contribution in [3.8, 4) is 66.8 Å². The molecule has 0 saturated carbocycles. The van der Waals surface area contributed by atoms with Crippen LogP contribution in [0.15, 0.2) is 249 Å². The van der Waals surface area contributed by atoms with E-state index in [2.05, 4.69) is 254 Å². The molecule has 0 bridgehead atoms. The molecule has 62 heavy (non-hydrogen) atoms. The zero-order valence-electron chi connectivity index (χ0n) is 34.1. The maximum Gasteiger partial charge on any atom is 0.0726 e. The summed E-state index contributed by atoms with van der Waals surface area (Å²) in [7, 11) is 0. The maximum atomic E-state index is 2.51. The van der Waals surface area contributed by atoms with Gasteiger partial charge in [0.15, 0.2) is 0 Å². The molecule has 0 saturated heterocycles. The van der Waals surface area contributed by atoms with E-state index in [-0.39, 0.29) is 0 Å². The van der Waals surface area contributed by atoms with Crippen LogP contribution in [0.5, 0.6) is 0 Å². The molecule has 10 aromatic carbocycles. The molecule has 290 valence electrons. The number of hydrogen-bond donors (Lipinski definition) is 0. The van der Waals surface area contributed by atoms with Gasteiger partial charge >= 0.3 is 0 Å². The summed E-state index contributed by atoms with van der Waals surface area (Å²) in [5.74, 6) is 0. The van der Waals surface area contributed by atoms with E-state index in [1.54, 1.807) is 0 Å². The fraction of sp³-hybridized carbons (Fsp3) is 0.0164. The predicted molar refractivity (Wildman–Crippen MR) is 259 cm³/mol. The number of hydrogen-bond acceptors (Lipinski definition) is 1. The lowest BCUT2D eigenvalue weighted by atomic mass is 9.70. The van der Waals surface area contributed by atoms with Gasteiger partial charge in [-0.25, -0.2) is 0 Å². The maximum absolute atomic E-state index is 2.51. The first kappa shape index (κ1) is 35.9. The van der Waals surface area contributed by atoms with Crippen LogP contribution < -0.4 is 4.90 Å². The van der Waals surface area contributed by atoms with Crippen LogP contribution in [0.2, 0.25) is 0 Å². The van der Waals surface area contributed by atoms with Crippen LogP contribution in [0.3, 0.4) is 0 Å². The number of nitrogens with zero attached hydrogens (tertiary/aromatic N) is 1. The Morgan fingerprint density at radius 1 is 0.242 bits per heavy atom. The number of benzene rings is 10. The van der Waals surface area contributed by atoms with E-state index in [4.69, 9.17) is 0 Å². The minimum atomic E-state index is -0.471. The molecule has 0 atom stereocenters. The van der Waals surface area contributed by atoms with E-state index in [9.17, 15) is 0 Å². The minimum Gasteiger partial charge on any atom is -0.310 e. The molecule has 0 amide bonds. The summed E-state index contributed by atoms with van der Waals surface area (Å²) in [4.78, 5) is 2.51. The monoisotopic (exact) mass is 787 g/mol. The molecular formula is C61H41N. The van der Waals surface area contributed by atoms with Crippen molar-refractivity contribution < 1.29 is 0 Å². The lowest BCUT2D eigenvalue weighted by Gasteiger charge is -2.33. The first-order chi connectivity index (χ1) is 30.8. The highest BCUT2D eigenvalue weighted by molar-refractivity contribution is 6.02. The van der Waals surface area contributed by atoms with Gasteiger partial charge in [0.1, 0.15) is 0 Å². The van der Waals surface area contributed by atoms with Crippen molar-refractivity contribution in [1.29, 1.82) is 0 Å². The van der Waals surface area contributed by atoms with Crippen molar-refractivity contribution in [3.05, 3.63) is 271 Å². The highest BCUT2D eigenvalue weighted by atomic mass is 15.1. The summed E-state index contributed by atoms with van der Waals surface area (Å²) in [6.07, 6.45) is 0. The summed E-state index contributed by atoms with van der Waals surface area (Å²) in [5.41, 5.74) is 22.8. The molecule has 1 heteroatoms. The van der Waals surface area contributed by atoms with Gasteiger partial charge in [0.25, 0.3) is 0 Å². The van der Waals surface area contributed by atoms with Crippen LogP contribution >= 0.6 is 0 Å². The van der Waals surface area contributed by atoms with Gasteiger partial charge in [-0.15, -0.1) is 0 Å². The van der Waals surface area contributed by atoms with E-state index in [0.717, 1.165) is 17.1 Å². The topological polar surface area (TPSA) is 3.24 Å². The Morgan fingerprint density at radius 2 is 0.661 bits per heavy atom. The standard InChI is InChI=1S/C61H41N/c1-4-20-42(21-5-1)45-26-18-27-46(40-45)62(59-37-19-33-49(44-24-8-3-9-25-44)60(59)54-32-11-10-28-48(54)43-22-6-2-7-23-43)47-38-39-53-52-31-14-17-36-57(52)61(58(53)41-47)55-34-15-12-29-50(55)51-30-13-16-35-56(51)61/h1-41H. The first-order valence-electron chi connectivity index (χ1n) is 21.5. The van der Waals surface area contributed by atoms with Crippen LogP contribution in [0, 0.1) is 0 Å². The highest BCUT2D eigenvalue weighted by Gasteiger charge is 2.51. The second-order valence-electron chi connectivity index (χ2n) is 16.3. The van der Waals surface area contributed by atoms with Crippen molar-refractivity contribution in [2.45, 2.75) is 5.41 Å². The van der Waals surface area contributed by atoms with Crippen molar-refractivity contribution in [2.24, 2.45) is 0 Å². The smallest absolute Gasteiger partial charge is 0.0726 e. The van der Waals surface area contributed by atoms with Crippen molar-refractivity contribution in [1.82, 2.24) is 0 Å². The predicted octanol–water partition coefficient (Wildman–Crippen LogP) is 16.2. The molecule has 1 nitrogen and oxygen atoms in total. The second kappa shape index (κ2) is 14.6. The van der Waals surface area contributed by atoms with E-state index >= 15 is 0 Å². The van der Waals surface area contributed by atoms with Gasteiger partial charge in [-0.1, -0.05) is 218 Å². The Labute approximate surface area is 363 Å². The summed E-state index contributed by atoms with van der Waals surface area (Å²) in [5, 5.41) is 0. The third-order valence-corrected chi connectivity index (χ3v) is 13.1. The second-order valence-corrected chi connectivity index (χ2v) is 16.3. The van der Waals surface area contributed by atoms with Gasteiger partial charge in [0, 0.05) is 16.9 Å². The molecule has 0 fully saturated rings. The normalized spacial score (nSPS) is 12.6. The molecule has 1 spiro atoms. The molecule has 2 aliphatic rings. The summed E-state index contributed by atoms with van der Waals surface area (Å²) in [6.45, 7) is 0. The van der Waals surface area contributed by atoms with E-state index in [0.29, 0.717) is 0 Å². The quantitative estimate of drug-likeness (QED) is 0.155. The van der Waals surface area contributed by atoms with Gasteiger partial charge in [0.05, 0.1) is 11.1 Å². The number of anilines is 3. The Bertz CT molecular complexity index is 3230. The molecular weight excluding hydrogens is 747 g/mol. The number of fused-ring (bicyclic) bond motifs is 10. The molecule has 0 aromatic heterocycles. The average Bonchev–Trinajstić information content (AvgIpc) is 3.82. The Morgan fingerprint density at radius 3 is 1.26 bits per heavy atom. The van der Waals surface area contributed by atoms with Crippen LogP contribution in [0.4, 0.5) is 17.1 Å². The molecule has 0 radical (unpaired) electrons. The van der Waals surface area contributed by atoms with E-state index in [1.165, 1.54) is 89.0 Å². The van der Waals surface area contributed by atoms with Crippen molar-refractivity contribution in [2.75, 3.05) is 4.90 Å². The van der Waals surface area contributed by atoms with Gasteiger partial charge in [0.2, 0.25) is 0 Å². The Balaban J connectivity index is 1.17. The van der Waals surface area contributed by atoms with Crippen LogP contribution in [-0.4, -0.2) is 0 Å². The van der Waals surface area contributed by atoms with Gasteiger partial charge in [-0.05, 0) is 114 Å². The molecule has 0 unspecified atom stereocenters. The van der Waals surface area contributed by atoms with E-state index < -0.39 is 5.41 Å². The van der Waals surface area contributed by atoms with Crippen LogP contribution in [0.1, 0.15) is 22.3 Å². The third kappa shape index (κ3) is 5.49. The summed E-state index contributed by atoms with van der Waals surface area (Å²) < 4.78 is 0. The molecule has 0 heterocycles. The number of rotatable bonds is 7. The zero-order valence-corrected chi connectivity index (χ0v) is 34.1. The fourth-order valence-electron chi connectivity index (χ4n) is 10.5. The molecule has 10 aromatic rings. The lowest BCUT2D eigenvalue weighted by Crippen LogP contribution is -2.26. The average molecular weight is 788 g/mol. The zero-order chi connectivity index (χ0) is 41.0.